The standard InChI is InChI=1S/C17H18N2O4S/c1-11(18-16(21)13-9-6-10-24-13)15(20)19-14(17(22)23-2)12-7-4-3-5-8-12/h3-11,14H,1-2H3,(H,18,21)(H,19,20)/t11-,14+/m0/s1. The molecule has 0 aliphatic rings. The highest BCUT2D eigenvalue weighted by molar-refractivity contribution is 7.12. The van der Waals surface area contributed by atoms with Gasteiger partial charge in [0.15, 0.2) is 6.04 Å². The second kappa shape index (κ2) is 8.26. The predicted molar refractivity (Wildman–Crippen MR) is 90.6 cm³/mol. The van der Waals surface area contributed by atoms with Crippen LogP contribution in [0, 0.1) is 0 Å². The summed E-state index contributed by atoms with van der Waals surface area (Å²) in [5.41, 5.74) is 0.606. The molecule has 2 amide bonds. The lowest BCUT2D eigenvalue weighted by Crippen LogP contribution is -2.47. The minimum absolute atomic E-state index is 0.332. The molecule has 1 aromatic heterocycles. The van der Waals surface area contributed by atoms with Crippen molar-refractivity contribution in [3.63, 3.8) is 0 Å². The van der Waals surface area contributed by atoms with Crippen molar-refractivity contribution in [3.05, 3.63) is 58.3 Å². The molecule has 0 aliphatic heterocycles. The molecule has 7 heteroatoms. The summed E-state index contributed by atoms with van der Waals surface area (Å²) in [4.78, 5) is 36.8. The summed E-state index contributed by atoms with van der Waals surface area (Å²) >= 11 is 1.29. The number of hydrogen-bond donors (Lipinski definition) is 2. The largest absolute Gasteiger partial charge is 0.467 e. The van der Waals surface area contributed by atoms with Crippen molar-refractivity contribution in [1.29, 1.82) is 0 Å². The van der Waals surface area contributed by atoms with E-state index in [1.165, 1.54) is 18.4 Å². The van der Waals surface area contributed by atoms with Crippen LogP contribution in [0.1, 0.15) is 28.2 Å². The van der Waals surface area contributed by atoms with Gasteiger partial charge in [-0.15, -0.1) is 11.3 Å². The summed E-state index contributed by atoms with van der Waals surface area (Å²) in [7, 11) is 1.26. The van der Waals surface area contributed by atoms with E-state index in [2.05, 4.69) is 10.6 Å². The number of rotatable bonds is 6. The topological polar surface area (TPSA) is 84.5 Å². The zero-order valence-corrected chi connectivity index (χ0v) is 14.1. The minimum Gasteiger partial charge on any atom is -0.467 e. The highest BCUT2D eigenvalue weighted by Crippen LogP contribution is 2.14. The van der Waals surface area contributed by atoms with Crippen LogP contribution in [-0.4, -0.2) is 30.9 Å². The molecule has 0 bridgehead atoms. The summed E-state index contributed by atoms with van der Waals surface area (Å²) in [6.45, 7) is 1.56. The van der Waals surface area contributed by atoms with Crippen molar-refractivity contribution in [3.8, 4) is 0 Å². The average molecular weight is 346 g/mol. The molecule has 24 heavy (non-hydrogen) atoms. The SMILES string of the molecule is COC(=O)[C@H](NC(=O)[C@H](C)NC(=O)c1cccs1)c1ccccc1. The molecule has 2 aromatic rings. The third-order valence-electron chi connectivity index (χ3n) is 3.34. The molecular formula is C17H18N2O4S. The van der Waals surface area contributed by atoms with Gasteiger partial charge in [0.05, 0.1) is 12.0 Å². The lowest BCUT2D eigenvalue weighted by Gasteiger charge is -2.20. The Morgan fingerprint density at radius 2 is 1.75 bits per heavy atom. The Morgan fingerprint density at radius 3 is 2.33 bits per heavy atom. The molecule has 0 spiro atoms. The van der Waals surface area contributed by atoms with Crippen LogP contribution in [-0.2, 0) is 14.3 Å². The van der Waals surface area contributed by atoms with Gasteiger partial charge in [0, 0.05) is 0 Å². The quantitative estimate of drug-likeness (QED) is 0.783. The first-order valence-electron chi connectivity index (χ1n) is 7.30. The number of methoxy groups -OCH3 is 1. The van der Waals surface area contributed by atoms with Gasteiger partial charge >= 0.3 is 5.97 Å². The molecule has 2 atom stereocenters. The first-order chi connectivity index (χ1) is 11.5. The van der Waals surface area contributed by atoms with E-state index >= 15 is 0 Å². The summed E-state index contributed by atoms with van der Waals surface area (Å²) in [6.07, 6.45) is 0. The zero-order chi connectivity index (χ0) is 17.5. The van der Waals surface area contributed by atoms with Crippen molar-refractivity contribution in [1.82, 2.24) is 10.6 Å². The van der Waals surface area contributed by atoms with Gasteiger partial charge in [-0.1, -0.05) is 36.4 Å². The first kappa shape index (κ1) is 17.7. The van der Waals surface area contributed by atoms with Crippen LogP contribution in [0.25, 0.3) is 0 Å². The van der Waals surface area contributed by atoms with Gasteiger partial charge in [-0.2, -0.15) is 0 Å². The Morgan fingerprint density at radius 1 is 1.04 bits per heavy atom. The molecule has 1 aromatic carbocycles. The number of benzene rings is 1. The van der Waals surface area contributed by atoms with Gasteiger partial charge in [-0.25, -0.2) is 4.79 Å². The number of thiophene rings is 1. The first-order valence-corrected chi connectivity index (χ1v) is 8.18. The number of nitrogens with one attached hydrogen (secondary N) is 2. The molecule has 0 radical (unpaired) electrons. The Kier molecular flexibility index (Phi) is 6.08. The van der Waals surface area contributed by atoms with Crippen LogP contribution in [0.15, 0.2) is 47.8 Å². The van der Waals surface area contributed by atoms with Gasteiger partial charge in [0.1, 0.15) is 6.04 Å². The number of ether oxygens (including phenoxy) is 1. The molecule has 126 valence electrons. The Balaban J connectivity index is 2.04. The minimum atomic E-state index is -0.926. The third kappa shape index (κ3) is 4.42. The fourth-order valence-corrected chi connectivity index (χ4v) is 2.68. The molecular weight excluding hydrogens is 328 g/mol. The normalized spacial score (nSPS) is 12.8. The van der Waals surface area contributed by atoms with Crippen LogP contribution in [0.2, 0.25) is 0 Å². The summed E-state index contributed by atoms with van der Waals surface area (Å²) in [5.74, 6) is -1.38. The van der Waals surface area contributed by atoms with E-state index < -0.39 is 24.0 Å². The van der Waals surface area contributed by atoms with Crippen molar-refractivity contribution in [2.24, 2.45) is 0 Å². The van der Waals surface area contributed by atoms with Crippen molar-refractivity contribution in [2.75, 3.05) is 7.11 Å². The fourth-order valence-electron chi connectivity index (χ4n) is 2.05. The Hall–Kier alpha value is -2.67. The summed E-state index contributed by atoms with van der Waals surface area (Å²) < 4.78 is 4.75. The molecule has 2 rings (SSSR count). The lowest BCUT2D eigenvalue weighted by molar-refractivity contribution is -0.145. The van der Waals surface area contributed by atoms with E-state index in [1.54, 1.807) is 48.7 Å². The predicted octanol–water partition coefficient (Wildman–Crippen LogP) is 1.90. The highest BCUT2D eigenvalue weighted by Gasteiger charge is 2.26. The number of esters is 1. The van der Waals surface area contributed by atoms with E-state index in [4.69, 9.17) is 4.74 Å². The van der Waals surface area contributed by atoms with Crippen LogP contribution in [0.5, 0.6) is 0 Å². The van der Waals surface area contributed by atoms with E-state index in [9.17, 15) is 14.4 Å². The summed E-state index contributed by atoms with van der Waals surface area (Å²) in [6, 6.07) is 10.5. The smallest absolute Gasteiger partial charge is 0.333 e. The molecule has 0 fully saturated rings. The molecule has 0 unspecified atom stereocenters. The van der Waals surface area contributed by atoms with Crippen LogP contribution in [0.4, 0.5) is 0 Å². The second-order valence-electron chi connectivity index (χ2n) is 5.05. The Labute approximate surface area is 143 Å². The van der Waals surface area contributed by atoms with E-state index in [0.717, 1.165) is 0 Å². The van der Waals surface area contributed by atoms with Gasteiger partial charge in [-0.05, 0) is 23.9 Å². The zero-order valence-electron chi connectivity index (χ0n) is 13.3. The number of carbonyl (C=O) groups is 3. The monoisotopic (exact) mass is 346 g/mol. The molecule has 0 saturated heterocycles. The number of hydrogen-bond acceptors (Lipinski definition) is 5. The van der Waals surface area contributed by atoms with Crippen LogP contribution in [0.3, 0.4) is 0 Å². The van der Waals surface area contributed by atoms with E-state index in [1.807, 2.05) is 6.07 Å². The van der Waals surface area contributed by atoms with Crippen molar-refractivity contribution < 1.29 is 19.1 Å². The average Bonchev–Trinajstić information content (AvgIpc) is 3.14. The Bertz CT molecular complexity index is 701. The third-order valence-corrected chi connectivity index (χ3v) is 4.21. The highest BCUT2D eigenvalue weighted by atomic mass is 32.1. The summed E-state index contributed by atoms with van der Waals surface area (Å²) in [5, 5.41) is 6.99. The van der Waals surface area contributed by atoms with Gasteiger partial charge in [0.2, 0.25) is 5.91 Å². The van der Waals surface area contributed by atoms with Crippen LogP contribution >= 0.6 is 11.3 Å². The van der Waals surface area contributed by atoms with Crippen molar-refractivity contribution >= 4 is 29.1 Å². The second-order valence-corrected chi connectivity index (χ2v) is 6.00. The maximum atomic E-state index is 12.3. The maximum absolute atomic E-state index is 12.3. The van der Waals surface area contributed by atoms with E-state index in [-0.39, 0.29) is 5.91 Å². The van der Waals surface area contributed by atoms with E-state index in [0.29, 0.717) is 10.4 Å². The molecule has 2 N–H and O–H groups in total. The van der Waals surface area contributed by atoms with Crippen molar-refractivity contribution in [2.45, 2.75) is 19.0 Å². The van der Waals surface area contributed by atoms with Crippen LogP contribution < -0.4 is 10.6 Å². The molecule has 0 aliphatic carbocycles. The lowest BCUT2D eigenvalue weighted by atomic mass is 10.1. The number of amides is 2. The van der Waals surface area contributed by atoms with Gasteiger partial charge in [0.25, 0.3) is 5.91 Å². The van der Waals surface area contributed by atoms with Gasteiger partial charge in [-0.3, -0.25) is 9.59 Å². The molecule has 1 heterocycles. The molecule has 6 nitrogen and oxygen atoms in total. The number of carbonyl (C=O) groups excluding carboxylic acids is 3. The maximum Gasteiger partial charge on any atom is 0.333 e. The molecule has 0 saturated carbocycles. The van der Waals surface area contributed by atoms with Gasteiger partial charge < -0.3 is 15.4 Å². The fraction of sp³-hybridized carbons (Fsp3) is 0.235.